The van der Waals surface area contributed by atoms with Crippen LogP contribution in [-0.2, 0) is 4.79 Å². The maximum atomic E-state index is 10.4. The Morgan fingerprint density at radius 3 is 2.73 bits per heavy atom. The predicted octanol–water partition coefficient (Wildman–Crippen LogP) is 1.74. The summed E-state index contributed by atoms with van der Waals surface area (Å²) in [6.07, 6.45) is 0. The minimum atomic E-state index is -1.04. The van der Waals surface area contributed by atoms with Crippen molar-refractivity contribution in [2.75, 3.05) is 11.9 Å². The third kappa shape index (κ3) is 3.10. The highest BCUT2D eigenvalue weighted by molar-refractivity contribution is 6.33. The molecule has 0 aliphatic rings. The Hall–Kier alpha value is -1.82. The third-order valence-corrected chi connectivity index (χ3v) is 1.91. The van der Waals surface area contributed by atoms with Crippen LogP contribution < -0.4 is 5.32 Å². The van der Waals surface area contributed by atoms with E-state index in [-0.39, 0.29) is 17.3 Å². The summed E-state index contributed by atoms with van der Waals surface area (Å²) in [5.74, 6) is -1.04. The quantitative estimate of drug-likeness (QED) is 0.607. The number of halogens is 1. The van der Waals surface area contributed by atoms with Gasteiger partial charge in [0.05, 0.1) is 15.6 Å². The van der Waals surface area contributed by atoms with Gasteiger partial charge in [-0.05, 0) is 6.07 Å². The molecule has 80 valence electrons. The predicted molar refractivity (Wildman–Crippen MR) is 54.2 cm³/mol. The Morgan fingerprint density at radius 2 is 2.27 bits per heavy atom. The molecule has 0 fully saturated rings. The molecule has 0 aliphatic heterocycles. The molecule has 1 rings (SSSR count). The van der Waals surface area contributed by atoms with Crippen LogP contribution in [0, 0.1) is 10.1 Å². The maximum Gasteiger partial charge on any atom is 0.322 e. The molecule has 0 saturated heterocycles. The second-order valence-corrected chi connectivity index (χ2v) is 3.08. The summed E-state index contributed by atoms with van der Waals surface area (Å²) >= 11 is 5.70. The number of nitro benzene ring substituents is 1. The lowest BCUT2D eigenvalue weighted by molar-refractivity contribution is -0.384. The van der Waals surface area contributed by atoms with Gasteiger partial charge in [0, 0.05) is 12.1 Å². The lowest BCUT2D eigenvalue weighted by Crippen LogP contribution is -2.12. The minimum absolute atomic E-state index is 0.116. The molecule has 0 unspecified atom stereocenters. The van der Waals surface area contributed by atoms with E-state index >= 15 is 0 Å². The average Bonchev–Trinajstić information content (AvgIpc) is 2.15. The molecule has 1 aromatic rings. The number of carboxylic acids is 1. The molecule has 0 atom stereocenters. The van der Waals surface area contributed by atoms with Crippen LogP contribution in [0.15, 0.2) is 18.2 Å². The van der Waals surface area contributed by atoms with Crippen LogP contribution in [0.2, 0.25) is 5.02 Å². The SMILES string of the molecule is O=C(O)CNc1ccc([N+](=O)[O-])cc1Cl. The monoisotopic (exact) mass is 230 g/mol. The van der Waals surface area contributed by atoms with Crippen molar-refractivity contribution in [2.45, 2.75) is 0 Å². The second-order valence-electron chi connectivity index (χ2n) is 2.67. The van der Waals surface area contributed by atoms with Crippen LogP contribution in [0.4, 0.5) is 11.4 Å². The number of carboxylic acid groups (broad SMARTS) is 1. The lowest BCUT2D eigenvalue weighted by Gasteiger charge is -2.04. The minimum Gasteiger partial charge on any atom is -0.480 e. The number of anilines is 1. The molecule has 0 saturated carbocycles. The van der Waals surface area contributed by atoms with E-state index in [4.69, 9.17) is 16.7 Å². The molecule has 6 nitrogen and oxygen atoms in total. The van der Waals surface area contributed by atoms with E-state index in [0.29, 0.717) is 5.69 Å². The molecule has 1 aromatic carbocycles. The molecular weight excluding hydrogens is 224 g/mol. The fourth-order valence-electron chi connectivity index (χ4n) is 0.932. The highest BCUT2D eigenvalue weighted by Crippen LogP contribution is 2.26. The number of hydrogen-bond acceptors (Lipinski definition) is 4. The molecule has 0 amide bonds. The highest BCUT2D eigenvalue weighted by Gasteiger charge is 2.09. The summed E-state index contributed by atoms with van der Waals surface area (Å²) in [6, 6.07) is 3.77. The lowest BCUT2D eigenvalue weighted by atomic mass is 10.3. The van der Waals surface area contributed by atoms with E-state index in [9.17, 15) is 14.9 Å². The number of benzene rings is 1. The Morgan fingerprint density at radius 1 is 1.60 bits per heavy atom. The van der Waals surface area contributed by atoms with Gasteiger partial charge in [-0.3, -0.25) is 14.9 Å². The van der Waals surface area contributed by atoms with E-state index in [1.165, 1.54) is 12.1 Å². The molecule has 2 N–H and O–H groups in total. The van der Waals surface area contributed by atoms with Crippen molar-refractivity contribution in [3.63, 3.8) is 0 Å². The number of non-ortho nitro benzene ring substituents is 1. The number of nitrogens with zero attached hydrogens (tertiary/aromatic N) is 1. The van der Waals surface area contributed by atoms with Crippen molar-refractivity contribution in [1.82, 2.24) is 0 Å². The van der Waals surface area contributed by atoms with Crippen molar-refractivity contribution in [3.05, 3.63) is 33.3 Å². The number of aliphatic carboxylic acids is 1. The summed E-state index contributed by atoms with van der Waals surface area (Å²) in [7, 11) is 0. The van der Waals surface area contributed by atoms with Crippen LogP contribution in [-0.4, -0.2) is 22.5 Å². The van der Waals surface area contributed by atoms with E-state index in [0.717, 1.165) is 6.07 Å². The molecule has 15 heavy (non-hydrogen) atoms. The van der Waals surface area contributed by atoms with Gasteiger partial charge in [-0.25, -0.2) is 0 Å². The Balaban J connectivity index is 2.83. The molecule has 0 spiro atoms. The van der Waals surface area contributed by atoms with E-state index < -0.39 is 10.9 Å². The molecule has 0 radical (unpaired) electrons. The van der Waals surface area contributed by atoms with Crippen LogP contribution in [0.3, 0.4) is 0 Å². The largest absolute Gasteiger partial charge is 0.480 e. The number of nitrogens with one attached hydrogen (secondary N) is 1. The van der Waals surface area contributed by atoms with Gasteiger partial charge in [0.15, 0.2) is 0 Å². The second kappa shape index (κ2) is 4.61. The summed E-state index contributed by atoms with van der Waals surface area (Å²) in [4.78, 5) is 20.0. The normalized spacial score (nSPS) is 9.67. The first-order valence-corrected chi connectivity index (χ1v) is 4.28. The fraction of sp³-hybridized carbons (Fsp3) is 0.125. The van der Waals surface area contributed by atoms with Crippen LogP contribution in [0.25, 0.3) is 0 Å². The summed E-state index contributed by atoms with van der Waals surface area (Å²) in [5, 5.41) is 21.4. The first-order valence-electron chi connectivity index (χ1n) is 3.90. The van der Waals surface area contributed by atoms with Gasteiger partial charge in [-0.1, -0.05) is 11.6 Å². The molecule has 0 bridgehead atoms. The van der Waals surface area contributed by atoms with Gasteiger partial charge < -0.3 is 10.4 Å². The third-order valence-electron chi connectivity index (χ3n) is 1.59. The van der Waals surface area contributed by atoms with E-state index in [1.54, 1.807) is 0 Å². The van der Waals surface area contributed by atoms with Gasteiger partial charge in [0.25, 0.3) is 5.69 Å². The van der Waals surface area contributed by atoms with Gasteiger partial charge in [-0.2, -0.15) is 0 Å². The van der Waals surface area contributed by atoms with Gasteiger partial charge in [-0.15, -0.1) is 0 Å². The topological polar surface area (TPSA) is 92.5 Å². The molecule has 0 heterocycles. The van der Waals surface area contributed by atoms with Gasteiger partial charge in [0.1, 0.15) is 6.54 Å². The number of nitro groups is 1. The zero-order chi connectivity index (χ0) is 11.4. The van der Waals surface area contributed by atoms with Crippen molar-refractivity contribution < 1.29 is 14.8 Å². The van der Waals surface area contributed by atoms with E-state index in [2.05, 4.69) is 5.32 Å². The Labute approximate surface area is 89.6 Å². The standard InChI is InChI=1S/C8H7ClN2O4/c9-6-3-5(11(14)15)1-2-7(6)10-4-8(12)13/h1-3,10H,4H2,(H,12,13). The Bertz CT molecular complexity index is 408. The fourth-order valence-corrected chi connectivity index (χ4v) is 1.17. The average molecular weight is 231 g/mol. The smallest absolute Gasteiger partial charge is 0.322 e. The number of hydrogen-bond donors (Lipinski definition) is 2. The molecular formula is C8H7ClN2O4. The van der Waals surface area contributed by atoms with E-state index in [1.807, 2.05) is 0 Å². The first kappa shape index (κ1) is 11.3. The first-order chi connectivity index (χ1) is 7.00. The van der Waals surface area contributed by atoms with Crippen molar-refractivity contribution >= 4 is 28.9 Å². The van der Waals surface area contributed by atoms with Crippen LogP contribution in [0.5, 0.6) is 0 Å². The van der Waals surface area contributed by atoms with Crippen molar-refractivity contribution in [2.24, 2.45) is 0 Å². The zero-order valence-corrected chi connectivity index (χ0v) is 8.19. The zero-order valence-electron chi connectivity index (χ0n) is 7.44. The van der Waals surface area contributed by atoms with Crippen molar-refractivity contribution in [3.8, 4) is 0 Å². The Kier molecular flexibility index (Phi) is 3.46. The molecule has 0 aliphatic carbocycles. The van der Waals surface area contributed by atoms with Crippen LogP contribution >= 0.6 is 11.6 Å². The molecule has 7 heteroatoms. The highest BCUT2D eigenvalue weighted by atomic mass is 35.5. The number of carbonyl (C=O) groups is 1. The molecule has 0 aromatic heterocycles. The van der Waals surface area contributed by atoms with Gasteiger partial charge >= 0.3 is 5.97 Å². The van der Waals surface area contributed by atoms with Gasteiger partial charge in [0.2, 0.25) is 0 Å². The summed E-state index contributed by atoms with van der Waals surface area (Å²) in [6.45, 7) is -0.294. The summed E-state index contributed by atoms with van der Waals surface area (Å²) < 4.78 is 0. The van der Waals surface area contributed by atoms with Crippen LogP contribution in [0.1, 0.15) is 0 Å². The maximum absolute atomic E-state index is 10.4. The van der Waals surface area contributed by atoms with Crippen molar-refractivity contribution in [1.29, 1.82) is 0 Å². The summed E-state index contributed by atoms with van der Waals surface area (Å²) in [5.41, 5.74) is 0.213. The number of rotatable bonds is 4.